The number of aromatic nitrogens is 6. The Hall–Kier alpha value is -3.65. The molecule has 0 fully saturated rings. The normalized spacial score (nSPS) is 11.2. The predicted molar refractivity (Wildman–Crippen MR) is 125 cm³/mol. The fourth-order valence-electron chi connectivity index (χ4n) is 3.50. The third-order valence-electron chi connectivity index (χ3n) is 4.96. The van der Waals surface area contributed by atoms with Crippen LogP contribution in [0.2, 0.25) is 0 Å². The third kappa shape index (κ3) is 4.09. The Kier molecular flexibility index (Phi) is 5.60. The average Bonchev–Trinajstić information content (AvgIpc) is 3.42. The maximum absolute atomic E-state index is 5.60. The summed E-state index contributed by atoms with van der Waals surface area (Å²) in [6.45, 7) is 4.68. The minimum atomic E-state index is 0.631. The number of thioether (sulfide) groups is 1. The van der Waals surface area contributed by atoms with E-state index in [1.807, 2.05) is 49.4 Å². The zero-order valence-corrected chi connectivity index (χ0v) is 18.7. The number of imidazole rings is 1. The van der Waals surface area contributed by atoms with Gasteiger partial charge in [-0.05, 0) is 61.9 Å². The smallest absolute Gasteiger partial charge is 0.196 e. The van der Waals surface area contributed by atoms with E-state index in [9.17, 15) is 0 Å². The van der Waals surface area contributed by atoms with Crippen molar-refractivity contribution in [1.82, 2.24) is 29.1 Å². The van der Waals surface area contributed by atoms with Gasteiger partial charge in [-0.15, -0.1) is 10.2 Å². The van der Waals surface area contributed by atoms with Gasteiger partial charge in [-0.1, -0.05) is 17.8 Å². The van der Waals surface area contributed by atoms with Crippen molar-refractivity contribution < 1.29 is 4.74 Å². The zero-order chi connectivity index (χ0) is 21.9. The van der Waals surface area contributed by atoms with Crippen molar-refractivity contribution in [3.63, 3.8) is 0 Å². The molecule has 4 aromatic heterocycles. The molecule has 0 aliphatic rings. The van der Waals surface area contributed by atoms with Crippen LogP contribution in [0.1, 0.15) is 18.2 Å². The van der Waals surface area contributed by atoms with Crippen molar-refractivity contribution in [2.45, 2.75) is 24.8 Å². The van der Waals surface area contributed by atoms with Crippen LogP contribution in [-0.4, -0.2) is 35.7 Å². The van der Waals surface area contributed by atoms with E-state index in [0.717, 1.165) is 39.3 Å². The molecule has 0 saturated heterocycles. The van der Waals surface area contributed by atoms with Crippen molar-refractivity contribution in [2.24, 2.45) is 0 Å². The van der Waals surface area contributed by atoms with Crippen LogP contribution in [0, 0.1) is 6.92 Å². The highest BCUT2D eigenvalue weighted by atomic mass is 32.2. The molecule has 160 valence electrons. The van der Waals surface area contributed by atoms with Gasteiger partial charge in [0.2, 0.25) is 0 Å². The summed E-state index contributed by atoms with van der Waals surface area (Å²) in [6, 6.07) is 16.0. The number of hydrogen-bond donors (Lipinski definition) is 0. The van der Waals surface area contributed by atoms with Crippen LogP contribution in [0.15, 0.2) is 78.5 Å². The molecule has 0 saturated carbocycles. The fourth-order valence-corrected chi connectivity index (χ4v) is 4.34. The summed E-state index contributed by atoms with van der Waals surface area (Å²) in [7, 11) is 0. The van der Waals surface area contributed by atoms with Gasteiger partial charge in [0.25, 0.3) is 0 Å². The van der Waals surface area contributed by atoms with Crippen molar-refractivity contribution in [1.29, 1.82) is 0 Å². The van der Waals surface area contributed by atoms with Crippen molar-refractivity contribution >= 4 is 17.4 Å². The van der Waals surface area contributed by atoms with Crippen molar-refractivity contribution in [3.8, 4) is 22.8 Å². The molecule has 0 spiro atoms. The lowest BCUT2D eigenvalue weighted by Gasteiger charge is -2.11. The number of rotatable bonds is 7. The Balaban J connectivity index is 1.49. The molecule has 0 aliphatic heterocycles. The molecular weight excluding hydrogens is 420 g/mol. The average molecular weight is 443 g/mol. The maximum atomic E-state index is 5.60. The molecule has 0 amide bonds. The second kappa shape index (κ2) is 8.84. The Labute approximate surface area is 190 Å². The van der Waals surface area contributed by atoms with Gasteiger partial charge in [-0.25, -0.2) is 4.98 Å². The van der Waals surface area contributed by atoms with Crippen LogP contribution in [0.25, 0.3) is 22.7 Å². The van der Waals surface area contributed by atoms with Crippen LogP contribution >= 0.6 is 11.8 Å². The molecule has 8 heteroatoms. The van der Waals surface area contributed by atoms with Crippen LogP contribution in [0.4, 0.5) is 0 Å². The number of fused-ring (bicyclic) bond motifs is 1. The zero-order valence-electron chi connectivity index (χ0n) is 17.8. The summed E-state index contributed by atoms with van der Waals surface area (Å²) in [6.07, 6.45) is 7.70. The molecule has 7 nitrogen and oxygen atoms in total. The lowest BCUT2D eigenvalue weighted by molar-refractivity contribution is 0.340. The van der Waals surface area contributed by atoms with Gasteiger partial charge in [-0.3, -0.25) is 9.55 Å². The Morgan fingerprint density at radius 2 is 1.88 bits per heavy atom. The Morgan fingerprint density at radius 3 is 2.66 bits per heavy atom. The monoisotopic (exact) mass is 442 g/mol. The molecule has 0 N–H and O–H groups in total. The molecule has 5 aromatic rings. The largest absolute Gasteiger partial charge is 0.494 e. The van der Waals surface area contributed by atoms with E-state index in [1.54, 1.807) is 24.2 Å². The predicted octanol–water partition coefficient (Wildman–Crippen LogP) is 4.98. The molecule has 0 atom stereocenters. The first kappa shape index (κ1) is 20.3. The lowest BCUT2D eigenvalue weighted by Crippen LogP contribution is -2.00. The van der Waals surface area contributed by atoms with E-state index in [1.165, 1.54) is 5.56 Å². The number of ether oxygens (including phenoxy) is 1. The highest BCUT2D eigenvalue weighted by Gasteiger charge is 2.17. The molecule has 0 bridgehead atoms. The topological polar surface area (TPSA) is 70.1 Å². The maximum Gasteiger partial charge on any atom is 0.196 e. The molecular formula is C24H22N6OS. The minimum absolute atomic E-state index is 0.631. The molecule has 0 unspecified atom stereocenters. The van der Waals surface area contributed by atoms with Gasteiger partial charge < -0.3 is 9.14 Å². The van der Waals surface area contributed by atoms with E-state index < -0.39 is 0 Å². The summed E-state index contributed by atoms with van der Waals surface area (Å²) in [4.78, 5) is 8.97. The minimum Gasteiger partial charge on any atom is -0.494 e. The van der Waals surface area contributed by atoms with Gasteiger partial charge in [-0.2, -0.15) is 0 Å². The highest BCUT2D eigenvalue weighted by Crippen LogP contribution is 2.30. The van der Waals surface area contributed by atoms with E-state index in [0.29, 0.717) is 12.4 Å². The van der Waals surface area contributed by atoms with Gasteiger partial charge in [0.05, 0.1) is 12.3 Å². The van der Waals surface area contributed by atoms with E-state index in [4.69, 9.17) is 9.72 Å². The van der Waals surface area contributed by atoms with Crippen molar-refractivity contribution in [2.75, 3.05) is 6.61 Å². The van der Waals surface area contributed by atoms with E-state index >= 15 is 0 Å². The van der Waals surface area contributed by atoms with Crippen LogP contribution in [0.5, 0.6) is 5.75 Å². The Bertz CT molecular complexity index is 1340. The number of pyridine rings is 2. The Morgan fingerprint density at radius 1 is 1.00 bits per heavy atom. The fraction of sp³-hybridized carbons (Fsp3) is 0.167. The molecule has 4 heterocycles. The SMILES string of the molecule is CCOc1ccc(-n2c(SCc3cn4cc(C)ccc4n3)nnc2-c2cccnc2)cc1. The first-order chi connectivity index (χ1) is 15.7. The number of nitrogens with zero attached hydrogens (tertiary/aromatic N) is 6. The number of hydrogen-bond acceptors (Lipinski definition) is 6. The lowest BCUT2D eigenvalue weighted by atomic mass is 10.2. The van der Waals surface area contributed by atoms with Crippen molar-refractivity contribution in [3.05, 3.63) is 84.6 Å². The van der Waals surface area contributed by atoms with Gasteiger partial charge >= 0.3 is 0 Å². The standard InChI is InChI=1S/C24H22N6OS/c1-3-31-21-9-7-20(8-10-21)30-23(18-5-4-12-25-13-18)27-28-24(30)32-16-19-15-29-14-17(2)6-11-22(29)26-19/h4-15H,3,16H2,1-2H3. The highest BCUT2D eigenvalue weighted by molar-refractivity contribution is 7.98. The van der Waals surface area contributed by atoms with E-state index in [-0.39, 0.29) is 0 Å². The first-order valence-corrected chi connectivity index (χ1v) is 11.4. The molecule has 32 heavy (non-hydrogen) atoms. The molecule has 5 rings (SSSR count). The second-order valence-electron chi connectivity index (χ2n) is 7.30. The number of aryl methyl sites for hydroxylation is 1. The molecule has 0 aliphatic carbocycles. The molecule has 0 radical (unpaired) electrons. The van der Waals surface area contributed by atoms with Gasteiger partial charge in [0, 0.05) is 41.8 Å². The second-order valence-corrected chi connectivity index (χ2v) is 8.25. The van der Waals surface area contributed by atoms with Crippen LogP contribution in [0.3, 0.4) is 0 Å². The quantitative estimate of drug-likeness (QED) is 0.331. The summed E-state index contributed by atoms with van der Waals surface area (Å²) in [5.74, 6) is 2.26. The third-order valence-corrected chi connectivity index (χ3v) is 5.92. The van der Waals surface area contributed by atoms with Crippen LogP contribution in [-0.2, 0) is 5.75 Å². The first-order valence-electron chi connectivity index (χ1n) is 10.4. The summed E-state index contributed by atoms with van der Waals surface area (Å²) >= 11 is 1.61. The summed E-state index contributed by atoms with van der Waals surface area (Å²) < 4.78 is 9.71. The van der Waals surface area contributed by atoms with Gasteiger partial charge in [0.15, 0.2) is 11.0 Å². The van der Waals surface area contributed by atoms with Crippen LogP contribution < -0.4 is 4.74 Å². The summed E-state index contributed by atoms with van der Waals surface area (Å²) in [5.41, 5.74) is 5.00. The van der Waals surface area contributed by atoms with Gasteiger partial charge in [0.1, 0.15) is 11.4 Å². The molecule has 1 aromatic carbocycles. The summed E-state index contributed by atoms with van der Waals surface area (Å²) in [5, 5.41) is 9.77. The number of benzene rings is 1. The van der Waals surface area contributed by atoms with E-state index in [2.05, 4.69) is 49.5 Å².